The second-order valence-electron chi connectivity index (χ2n) is 6.32. The average Bonchev–Trinajstić information content (AvgIpc) is 3.21. The van der Waals surface area contributed by atoms with Gasteiger partial charge in [0.2, 0.25) is 0 Å². The van der Waals surface area contributed by atoms with Crippen LogP contribution < -0.4 is 10.6 Å². The highest BCUT2D eigenvalue weighted by atomic mass is 127. The van der Waals surface area contributed by atoms with Gasteiger partial charge in [-0.2, -0.15) is 0 Å². The molecule has 27 heavy (non-hydrogen) atoms. The second-order valence-corrected chi connectivity index (χ2v) is 7.69. The van der Waals surface area contributed by atoms with Gasteiger partial charge >= 0.3 is 0 Å². The lowest BCUT2D eigenvalue weighted by atomic mass is 10.2. The molecule has 1 unspecified atom stereocenters. The summed E-state index contributed by atoms with van der Waals surface area (Å²) in [4.78, 5) is 7.45. The maximum Gasteiger partial charge on any atom is 0.191 e. The van der Waals surface area contributed by atoms with Crippen molar-refractivity contribution >= 4 is 46.9 Å². The van der Waals surface area contributed by atoms with Gasteiger partial charge in [0.15, 0.2) is 11.6 Å². The van der Waals surface area contributed by atoms with Crippen molar-refractivity contribution in [3.63, 3.8) is 0 Å². The summed E-state index contributed by atoms with van der Waals surface area (Å²) in [6.45, 7) is 7.91. The molecule has 1 atom stereocenters. The maximum atomic E-state index is 4.70. The van der Waals surface area contributed by atoms with Crippen molar-refractivity contribution in [3.05, 3.63) is 52.1 Å². The third-order valence-electron chi connectivity index (χ3n) is 4.02. The smallest absolute Gasteiger partial charge is 0.191 e. The van der Waals surface area contributed by atoms with Gasteiger partial charge in [-0.05, 0) is 45.0 Å². The fourth-order valence-electron chi connectivity index (χ4n) is 2.83. The molecule has 2 N–H and O–H groups in total. The Balaban J connectivity index is 0.00000261. The van der Waals surface area contributed by atoms with Crippen LogP contribution in [0.15, 0.2) is 41.5 Å². The molecule has 3 heterocycles. The Bertz CT molecular complexity index is 872. The Kier molecular flexibility index (Phi) is 8.49. The Labute approximate surface area is 181 Å². The van der Waals surface area contributed by atoms with Crippen molar-refractivity contribution in [2.75, 3.05) is 13.1 Å². The van der Waals surface area contributed by atoms with Crippen LogP contribution in [0.1, 0.15) is 29.4 Å². The summed E-state index contributed by atoms with van der Waals surface area (Å²) in [5.41, 5.74) is 0.872. The third kappa shape index (κ3) is 6.17. The van der Waals surface area contributed by atoms with E-state index in [1.807, 2.05) is 40.1 Å². The van der Waals surface area contributed by atoms with Crippen LogP contribution in [0.25, 0.3) is 5.65 Å². The van der Waals surface area contributed by atoms with Gasteiger partial charge in [-0.15, -0.1) is 45.5 Å². The number of aryl methyl sites for hydroxylation is 1. The van der Waals surface area contributed by atoms with Crippen LogP contribution in [-0.4, -0.2) is 39.7 Å². The minimum Gasteiger partial charge on any atom is -0.357 e. The molecule has 0 spiro atoms. The Morgan fingerprint density at radius 2 is 2.11 bits per heavy atom. The van der Waals surface area contributed by atoms with Crippen molar-refractivity contribution in [2.45, 2.75) is 39.7 Å². The molecular formula is C19H27IN6S. The van der Waals surface area contributed by atoms with E-state index in [0.717, 1.165) is 36.8 Å². The highest BCUT2D eigenvalue weighted by Crippen LogP contribution is 2.16. The highest BCUT2D eigenvalue weighted by molar-refractivity contribution is 14.0. The average molecular weight is 498 g/mol. The molecule has 3 aromatic heterocycles. The fourth-order valence-corrected chi connectivity index (χ4v) is 3.85. The number of pyridine rings is 1. The molecule has 0 fully saturated rings. The molecule has 0 amide bonds. The molecule has 0 saturated heterocycles. The molecule has 146 valence electrons. The van der Waals surface area contributed by atoms with Gasteiger partial charge in [0.05, 0.1) is 0 Å². The number of thiophene rings is 1. The fraction of sp³-hybridized carbons (Fsp3) is 0.421. The number of halogens is 1. The topological polar surface area (TPSA) is 66.6 Å². The molecule has 0 aromatic carbocycles. The Hall–Kier alpha value is -1.68. The molecule has 0 aliphatic carbocycles. The molecule has 0 radical (unpaired) electrons. The first-order valence-electron chi connectivity index (χ1n) is 9.04. The summed E-state index contributed by atoms with van der Waals surface area (Å²) in [5, 5.41) is 15.3. The summed E-state index contributed by atoms with van der Waals surface area (Å²) in [6, 6.07) is 10.6. The van der Waals surface area contributed by atoms with Gasteiger partial charge in [-0.25, -0.2) is 0 Å². The van der Waals surface area contributed by atoms with Gasteiger partial charge in [0, 0.05) is 47.9 Å². The number of aliphatic imine (C=N–C) groups is 1. The molecule has 8 heteroatoms. The number of rotatable bonds is 7. The van der Waals surface area contributed by atoms with Crippen molar-refractivity contribution in [3.8, 4) is 0 Å². The number of guanidine groups is 1. The van der Waals surface area contributed by atoms with Crippen LogP contribution in [0.2, 0.25) is 0 Å². The first kappa shape index (κ1) is 21.6. The van der Waals surface area contributed by atoms with Crippen LogP contribution in [0.4, 0.5) is 0 Å². The monoisotopic (exact) mass is 498 g/mol. The van der Waals surface area contributed by atoms with E-state index in [4.69, 9.17) is 4.99 Å². The molecule has 0 aliphatic heterocycles. The molecular weight excluding hydrogens is 471 g/mol. The number of hydrogen-bond donors (Lipinski definition) is 2. The molecule has 3 aromatic rings. The zero-order valence-corrected chi connectivity index (χ0v) is 19.1. The first-order chi connectivity index (χ1) is 12.7. The van der Waals surface area contributed by atoms with Crippen molar-refractivity contribution in [1.82, 2.24) is 25.2 Å². The van der Waals surface area contributed by atoms with E-state index in [0.29, 0.717) is 12.6 Å². The van der Waals surface area contributed by atoms with Crippen LogP contribution in [0.3, 0.4) is 0 Å². The zero-order valence-electron chi connectivity index (χ0n) is 16.0. The highest BCUT2D eigenvalue weighted by Gasteiger charge is 2.08. The Morgan fingerprint density at radius 3 is 2.85 bits per heavy atom. The SMILES string of the molecule is CCNC(=NCCc1nnc2ccccn12)NC(C)Cc1ccc(C)s1.I. The molecule has 6 nitrogen and oxygen atoms in total. The van der Waals surface area contributed by atoms with E-state index in [2.05, 4.69) is 53.7 Å². The molecule has 3 rings (SSSR count). The van der Waals surface area contributed by atoms with E-state index in [-0.39, 0.29) is 24.0 Å². The number of hydrogen-bond acceptors (Lipinski definition) is 4. The lowest BCUT2D eigenvalue weighted by Gasteiger charge is -2.17. The zero-order chi connectivity index (χ0) is 18.4. The summed E-state index contributed by atoms with van der Waals surface area (Å²) in [6.07, 6.45) is 3.74. The maximum absolute atomic E-state index is 4.70. The number of aromatic nitrogens is 3. The van der Waals surface area contributed by atoms with E-state index < -0.39 is 0 Å². The lowest BCUT2D eigenvalue weighted by molar-refractivity contribution is 0.645. The van der Waals surface area contributed by atoms with Crippen molar-refractivity contribution < 1.29 is 0 Å². The minimum absolute atomic E-state index is 0. The first-order valence-corrected chi connectivity index (χ1v) is 9.86. The van der Waals surface area contributed by atoms with E-state index in [1.165, 1.54) is 9.75 Å². The quantitative estimate of drug-likeness (QED) is 0.298. The van der Waals surface area contributed by atoms with Crippen LogP contribution in [-0.2, 0) is 12.8 Å². The number of fused-ring (bicyclic) bond motifs is 1. The molecule has 0 saturated carbocycles. The standard InChI is InChI=1S/C19H26N6S.HI/c1-4-20-19(22-14(2)13-16-9-8-15(3)26-16)21-11-10-18-24-23-17-7-5-6-12-25(17)18;/h5-9,12,14H,4,10-11,13H2,1-3H3,(H2,20,21,22);1H. The minimum atomic E-state index is 0. The number of nitrogens with zero attached hydrogens (tertiary/aromatic N) is 4. The Morgan fingerprint density at radius 1 is 1.26 bits per heavy atom. The van der Waals surface area contributed by atoms with Crippen LogP contribution in [0, 0.1) is 6.92 Å². The van der Waals surface area contributed by atoms with Gasteiger partial charge < -0.3 is 10.6 Å². The molecule has 0 bridgehead atoms. The predicted molar refractivity (Wildman–Crippen MR) is 123 cm³/mol. The van der Waals surface area contributed by atoms with Gasteiger partial charge in [0.25, 0.3) is 0 Å². The predicted octanol–water partition coefficient (Wildman–Crippen LogP) is 3.45. The summed E-state index contributed by atoms with van der Waals surface area (Å²) in [7, 11) is 0. The molecule has 0 aliphatic rings. The van der Waals surface area contributed by atoms with E-state index in [1.54, 1.807) is 0 Å². The van der Waals surface area contributed by atoms with E-state index in [9.17, 15) is 0 Å². The van der Waals surface area contributed by atoms with Gasteiger partial charge in [-0.3, -0.25) is 9.39 Å². The van der Waals surface area contributed by atoms with Crippen LogP contribution >= 0.6 is 35.3 Å². The van der Waals surface area contributed by atoms with E-state index >= 15 is 0 Å². The van der Waals surface area contributed by atoms with Crippen LogP contribution in [0.5, 0.6) is 0 Å². The summed E-state index contributed by atoms with van der Waals surface area (Å²) in [5.74, 6) is 1.78. The second kappa shape index (κ2) is 10.6. The lowest BCUT2D eigenvalue weighted by Crippen LogP contribution is -2.43. The third-order valence-corrected chi connectivity index (χ3v) is 5.04. The largest absolute Gasteiger partial charge is 0.357 e. The van der Waals surface area contributed by atoms with Gasteiger partial charge in [0.1, 0.15) is 5.82 Å². The van der Waals surface area contributed by atoms with Crippen molar-refractivity contribution in [2.24, 2.45) is 4.99 Å². The number of nitrogens with one attached hydrogen (secondary N) is 2. The van der Waals surface area contributed by atoms with Crippen molar-refractivity contribution in [1.29, 1.82) is 0 Å². The summed E-state index contributed by atoms with van der Waals surface area (Å²) < 4.78 is 2.01. The normalized spacial score (nSPS) is 12.6. The van der Waals surface area contributed by atoms with Gasteiger partial charge in [-0.1, -0.05) is 6.07 Å². The summed E-state index contributed by atoms with van der Waals surface area (Å²) >= 11 is 1.86.